The molecule has 2 aromatic heterocycles. The summed E-state index contributed by atoms with van der Waals surface area (Å²) in [5.41, 5.74) is 1.80. The summed E-state index contributed by atoms with van der Waals surface area (Å²) in [7, 11) is 0. The van der Waals surface area contributed by atoms with Crippen LogP contribution in [0.15, 0.2) is 47.6 Å². The van der Waals surface area contributed by atoms with Gasteiger partial charge in [0.1, 0.15) is 11.6 Å². The Bertz CT molecular complexity index is 855. The minimum Gasteiger partial charge on any atom is -0.361 e. The molecule has 0 aliphatic carbocycles. The van der Waals surface area contributed by atoms with Gasteiger partial charge in [0.2, 0.25) is 0 Å². The molecule has 3 rings (SSSR count). The van der Waals surface area contributed by atoms with Crippen LogP contribution in [0.25, 0.3) is 17.0 Å². The van der Waals surface area contributed by atoms with E-state index in [1.54, 1.807) is 23.8 Å². The summed E-state index contributed by atoms with van der Waals surface area (Å²) in [5, 5.41) is 15.0. The summed E-state index contributed by atoms with van der Waals surface area (Å²) in [5.74, 6) is -0.460. The largest absolute Gasteiger partial charge is 0.361 e. The van der Waals surface area contributed by atoms with Crippen LogP contribution < -0.4 is 5.32 Å². The van der Waals surface area contributed by atoms with Gasteiger partial charge in [0, 0.05) is 34.2 Å². The van der Waals surface area contributed by atoms with Gasteiger partial charge >= 0.3 is 0 Å². The number of amides is 1. The molecule has 1 aromatic carbocycles. The first-order valence-electron chi connectivity index (χ1n) is 6.16. The average Bonchev–Trinajstić information content (AvgIpc) is 3.14. The van der Waals surface area contributed by atoms with Gasteiger partial charge < -0.3 is 4.98 Å². The third kappa shape index (κ3) is 2.68. The van der Waals surface area contributed by atoms with E-state index in [-0.39, 0.29) is 5.57 Å². The molecule has 21 heavy (non-hydrogen) atoms. The van der Waals surface area contributed by atoms with Crippen LogP contribution in [0, 0.1) is 11.3 Å². The second-order valence-corrected chi connectivity index (χ2v) is 5.15. The molecule has 0 atom stereocenters. The molecular weight excluding hydrogens is 284 g/mol. The summed E-state index contributed by atoms with van der Waals surface area (Å²) in [4.78, 5) is 19.1. The average molecular weight is 294 g/mol. The molecule has 0 aliphatic rings. The first kappa shape index (κ1) is 13.1. The number of carbonyl (C=O) groups excluding carboxylic acids is 1. The summed E-state index contributed by atoms with van der Waals surface area (Å²) in [6, 6.07) is 9.64. The predicted octanol–water partition coefficient (Wildman–Crippen LogP) is 3.17. The Morgan fingerprint density at radius 3 is 3.05 bits per heavy atom. The van der Waals surface area contributed by atoms with Gasteiger partial charge in [-0.25, -0.2) is 4.98 Å². The molecule has 6 heteroatoms. The maximum atomic E-state index is 12.1. The number of aromatic nitrogens is 2. The molecule has 5 nitrogen and oxygen atoms in total. The van der Waals surface area contributed by atoms with Crippen molar-refractivity contribution in [2.45, 2.75) is 0 Å². The molecule has 2 N–H and O–H groups in total. The number of anilines is 1. The third-order valence-electron chi connectivity index (χ3n) is 2.94. The molecule has 0 spiro atoms. The number of fused-ring (bicyclic) bond motifs is 1. The van der Waals surface area contributed by atoms with E-state index in [0.29, 0.717) is 5.13 Å². The molecule has 2 heterocycles. The number of carbonyl (C=O) groups is 1. The number of thiazole rings is 1. The zero-order valence-electron chi connectivity index (χ0n) is 10.8. The lowest BCUT2D eigenvalue weighted by Gasteiger charge is -1.99. The lowest BCUT2D eigenvalue weighted by atomic mass is 10.1. The maximum Gasteiger partial charge on any atom is 0.268 e. The standard InChI is InChI=1S/C15H10N4OS/c16-8-10(14(20)19-15-17-5-6-21-15)7-11-9-18-13-4-2-1-3-12(11)13/h1-7,9,18H,(H,17,19,20)/b10-7+. The van der Waals surface area contributed by atoms with E-state index < -0.39 is 5.91 Å². The highest BCUT2D eigenvalue weighted by Crippen LogP contribution is 2.21. The molecule has 0 fully saturated rings. The second-order valence-electron chi connectivity index (χ2n) is 4.25. The third-order valence-corrected chi connectivity index (χ3v) is 3.63. The van der Waals surface area contributed by atoms with Crippen molar-refractivity contribution in [1.82, 2.24) is 9.97 Å². The molecule has 3 aromatic rings. The van der Waals surface area contributed by atoms with Gasteiger partial charge in [-0.1, -0.05) is 18.2 Å². The van der Waals surface area contributed by atoms with E-state index in [9.17, 15) is 10.1 Å². The predicted molar refractivity (Wildman–Crippen MR) is 82.6 cm³/mol. The minimum atomic E-state index is -0.460. The first-order valence-corrected chi connectivity index (χ1v) is 7.04. The van der Waals surface area contributed by atoms with Crippen molar-refractivity contribution in [3.63, 3.8) is 0 Å². The number of aromatic amines is 1. The Morgan fingerprint density at radius 1 is 1.43 bits per heavy atom. The van der Waals surface area contributed by atoms with Crippen LogP contribution >= 0.6 is 11.3 Å². The molecule has 0 unspecified atom stereocenters. The number of rotatable bonds is 3. The number of nitrogens with zero attached hydrogens (tertiary/aromatic N) is 2. The molecule has 1 amide bonds. The van der Waals surface area contributed by atoms with Crippen molar-refractivity contribution in [2.24, 2.45) is 0 Å². The van der Waals surface area contributed by atoms with Gasteiger partial charge in [-0.2, -0.15) is 5.26 Å². The van der Waals surface area contributed by atoms with E-state index in [2.05, 4.69) is 15.3 Å². The van der Waals surface area contributed by atoms with Crippen molar-refractivity contribution in [3.05, 3.63) is 53.2 Å². The molecular formula is C15H10N4OS. The zero-order chi connectivity index (χ0) is 14.7. The van der Waals surface area contributed by atoms with Gasteiger partial charge in [-0.05, 0) is 12.1 Å². The number of hydrogen-bond acceptors (Lipinski definition) is 4. The summed E-state index contributed by atoms with van der Waals surface area (Å²) in [6.07, 6.45) is 4.94. The van der Waals surface area contributed by atoms with Crippen LogP contribution in [-0.2, 0) is 4.79 Å². The smallest absolute Gasteiger partial charge is 0.268 e. The number of H-pyrrole nitrogens is 1. The van der Waals surface area contributed by atoms with Crippen LogP contribution in [0.2, 0.25) is 0 Å². The number of nitrogens with one attached hydrogen (secondary N) is 2. The quantitative estimate of drug-likeness (QED) is 0.575. The molecule has 102 valence electrons. The Kier molecular flexibility index (Phi) is 3.50. The van der Waals surface area contributed by atoms with Gasteiger partial charge in [0.05, 0.1) is 0 Å². The fraction of sp³-hybridized carbons (Fsp3) is 0. The highest BCUT2D eigenvalue weighted by molar-refractivity contribution is 7.13. The van der Waals surface area contributed by atoms with Crippen LogP contribution in [-0.4, -0.2) is 15.9 Å². The van der Waals surface area contributed by atoms with Crippen molar-refractivity contribution in [2.75, 3.05) is 5.32 Å². The van der Waals surface area contributed by atoms with E-state index >= 15 is 0 Å². The zero-order valence-corrected chi connectivity index (χ0v) is 11.6. The topological polar surface area (TPSA) is 81.6 Å². The van der Waals surface area contributed by atoms with Crippen molar-refractivity contribution >= 4 is 39.4 Å². The molecule has 0 radical (unpaired) electrons. The SMILES string of the molecule is N#C/C(=C\c1c[nH]c2ccccc12)C(=O)Nc1nccs1. The molecule has 0 saturated carbocycles. The van der Waals surface area contributed by atoms with E-state index in [0.717, 1.165) is 16.5 Å². The summed E-state index contributed by atoms with van der Waals surface area (Å²) >= 11 is 1.30. The summed E-state index contributed by atoms with van der Waals surface area (Å²) < 4.78 is 0. The van der Waals surface area contributed by atoms with Crippen LogP contribution in [0.5, 0.6) is 0 Å². The van der Waals surface area contributed by atoms with Gasteiger partial charge in [-0.15, -0.1) is 11.3 Å². The van der Waals surface area contributed by atoms with E-state index in [1.807, 2.05) is 30.3 Å². The Morgan fingerprint density at radius 2 is 2.29 bits per heavy atom. The lowest BCUT2D eigenvalue weighted by molar-refractivity contribution is -0.112. The Labute approximate surface area is 124 Å². The second kappa shape index (κ2) is 5.61. The van der Waals surface area contributed by atoms with E-state index in [4.69, 9.17) is 0 Å². The minimum absolute atomic E-state index is 0.0370. The van der Waals surface area contributed by atoms with Crippen LogP contribution in [0.3, 0.4) is 0 Å². The molecule has 0 saturated heterocycles. The van der Waals surface area contributed by atoms with Crippen molar-refractivity contribution in [1.29, 1.82) is 5.26 Å². The normalized spacial score (nSPS) is 11.3. The Balaban J connectivity index is 1.92. The Hall–Kier alpha value is -2.91. The number of para-hydroxylation sites is 1. The number of benzene rings is 1. The molecule has 0 aliphatic heterocycles. The van der Waals surface area contributed by atoms with Gasteiger partial charge in [0.15, 0.2) is 5.13 Å². The first-order chi connectivity index (χ1) is 10.3. The van der Waals surface area contributed by atoms with Crippen molar-refractivity contribution in [3.8, 4) is 6.07 Å². The van der Waals surface area contributed by atoms with Gasteiger partial charge in [-0.3, -0.25) is 10.1 Å². The molecule has 0 bridgehead atoms. The van der Waals surface area contributed by atoms with E-state index in [1.165, 1.54) is 11.3 Å². The van der Waals surface area contributed by atoms with Gasteiger partial charge in [0.25, 0.3) is 5.91 Å². The summed E-state index contributed by atoms with van der Waals surface area (Å²) in [6.45, 7) is 0. The van der Waals surface area contributed by atoms with Crippen LogP contribution in [0.1, 0.15) is 5.56 Å². The number of nitriles is 1. The highest BCUT2D eigenvalue weighted by atomic mass is 32.1. The fourth-order valence-corrected chi connectivity index (χ4v) is 2.49. The maximum absolute atomic E-state index is 12.1. The van der Waals surface area contributed by atoms with Crippen LogP contribution in [0.4, 0.5) is 5.13 Å². The fourth-order valence-electron chi connectivity index (χ4n) is 1.97. The highest BCUT2D eigenvalue weighted by Gasteiger charge is 2.12. The lowest BCUT2D eigenvalue weighted by Crippen LogP contribution is -2.13. The monoisotopic (exact) mass is 294 g/mol. The number of hydrogen-bond donors (Lipinski definition) is 2. The van der Waals surface area contributed by atoms with Crippen molar-refractivity contribution < 1.29 is 4.79 Å².